The molecule has 124 valence electrons. The molecule has 0 aromatic heterocycles. The molecule has 0 radical (unpaired) electrons. The molecule has 2 saturated heterocycles. The van der Waals surface area contributed by atoms with Gasteiger partial charge in [-0.25, -0.2) is 4.79 Å². The van der Waals surface area contributed by atoms with Gasteiger partial charge in [0.15, 0.2) is 0 Å². The van der Waals surface area contributed by atoms with Crippen molar-refractivity contribution in [1.29, 1.82) is 0 Å². The van der Waals surface area contributed by atoms with Crippen molar-refractivity contribution in [3.63, 3.8) is 0 Å². The van der Waals surface area contributed by atoms with E-state index in [1.54, 1.807) is 11.9 Å². The molecule has 0 saturated carbocycles. The highest BCUT2D eigenvalue weighted by atomic mass is 16.2. The monoisotopic (exact) mass is 315 g/mol. The van der Waals surface area contributed by atoms with Gasteiger partial charge in [-0.15, -0.1) is 0 Å². The van der Waals surface area contributed by atoms with E-state index in [0.29, 0.717) is 12.8 Å². The molecule has 3 rings (SSSR count). The molecule has 2 aliphatic rings. The minimum atomic E-state index is -0.630. The van der Waals surface area contributed by atoms with Gasteiger partial charge >= 0.3 is 6.03 Å². The predicted octanol–water partition coefficient (Wildman–Crippen LogP) is 2.32. The second-order valence-electron chi connectivity index (χ2n) is 6.90. The number of likely N-dealkylation sites (tertiary alicyclic amines) is 1. The molecule has 23 heavy (non-hydrogen) atoms. The van der Waals surface area contributed by atoms with Gasteiger partial charge in [-0.2, -0.15) is 0 Å². The fourth-order valence-corrected chi connectivity index (χ4v) is 3.73. The second-order valence-corrected chi connectivity index (χ2v) is 6.90. The van der Waals surface area contributed by atoms with Crippen molar-refractivity contribution in [3.8, 4) is 0 Å². The van der Waals surface area contributed by atoms with Crippen LogP contribution in [0.1, 0.15) is 32.3 Å². The van der Waals surface area contributed by atoms with Gasteiger partial charge in [-0.3, -0.25) is 14.6 Å². The van der Waals surface area contributed by atoms with Gasteiger partial charge in [0.1, 0.15) is 5.54 Å². The van der Waals surface area contributed by atoms with E-state index >= 15 is 0 Å². The zero-order valence-corrected chi connectivity index (χ0v) is 14.2. The summed E-state index contributed by atoms with van der Waals surface area (Å²) in [4.78, 5) is 30.7. The Morgan fingerprint density at radius 1 is 1.09 bits per heavy atom. The number of piperidine rings is 1. The van der Waals surface area contributed by atoms with Gasteiger partial charge in [0.05, 0.1) is 0 Å². The van der Waals surface area contributed by atoms with Gasteiger partial charge in [0, 0.05) is 32.7 Å². The van der Waals surface area contributed by atoms with Gasteiger partial charge < -0.3 is 4.90 Å². The first-order valence-electron chi connectivity index (χ1n) is 8.33. The minimum absolute atomic E-state index is 0.0145. The van der Waals surface area contributed by atoms with Crippen molar-refractivity contribution in [2.45, 2.75) is 44.8 Å². The van der Waals surface area contributed by atoms with Gasteiger partial charge in [0.2, 0.25) is 0 Å². The minimum Gasteiger partial charge on any atom is -0.312 e. The topological polar surface area (TPSA) is 43.9 Å². The molecule has 2 heterocycles. The third-order valence-corrected chi connectivity index (χ3v) is 5.20. The van der Waals surface area contributed by atoms with Gasteiger partial charge in [-0.05, 0) is 32.3 Å². The summed E-state index contributed by atoms with van der Waals surface area (Å²) in [7, 11) is 1.77. The molecule has 0 unspecified atom stereocenters. The van der Waals surface area contributed by atoms with Crippen LogP contribution in [-0.4, -0.2) is 58.4 Å². The maximum Gasteiger partial charge on any atom is 0.327 e. The number of likely N-dealkylation sites (N-methyl/N-ethyl adjacent to an activating group) is 1. The number of hydrogen-bond acceptors (Lipinski definition) is 3. The first-order valence-corrected chi connectivity index (χ1v) is 8.33. The highest BCUT2D eigenvalue weighted by Gasteiger charge is 2.56. The summed E-state index contributed by atoms with van der Waals surface area (Å²) in [5, 5.41) is 0. The number of imide groups is 1. The fourth-order valence-electron chi connectivity index (χ4n) is 3.73. The average Bonchev–Trinajstić information content (AvgIpc) is 2.72. The summed E-state index contributed by atoms with van der Waals surface area (Å²) < 4.78 is 0. The molecule has 2 fully saturated rings. The summed E-state index contributed by atoms with van der Waals surface area (Å²) in [5.41, 5.74) is 0.656. The molecule has 1 aromatic carbocycles. The molecule has 0 bridgehead atoms. The maximum atomic E-state index is 12.9. The van der Waals surface area contributed by atoms with Crippen LogP contribution in [0.2, 0.25) is 0 Å². The van der Waals surface area contributed by atoms with Crippen LogP contribution in [-0.2, 0) is 11.3 Å². The van der Waals surface area contributed by atoms with E-state index in [1.807, 2.05) is 32.0 Å². The standard InChI is InChI=1S/C18H25N3O2/c1-14(2)21-16(22)18(19(3)17(21)23)9-11-20(12-10-18)13-15-7-5-4-6-8-15/h4-8,14H,9-13H2,1-3H3. The van der Waals surface area contributed by atoms with Crippen molar-refractivity contribution in [3.05, 3.63) is 35.9 Å². The first-order chi connectivity index (χ1) is 11.0. The van der Waals surface area contributed by atoms with E-state index in [9.17, 15) is 9.59 Å². The molecule has 0 N–H and O–H groups in total. The molecule has 5 heteroatoms. The average molecular weight is 315 g/mol. The number of benzene rings is 1. The Kier molecular flexibility index (Phi) is 4.15. The maximum absolute atomic E-state index is 12.9. The molecular weight excluding hydrogens is 290 g/mol. The second kappa shape index (κ2) is 5.96. The van der Waals surface area contributed by atoms with Crippen LogP contribution in [0.25, 0.3) is 0 Å². The lowest BCUT2D eigenvalue weighted by molar-refractivity contribution is -0.136. The number of urea groups is 1. The SMILES string of the molecule is CC(C)N1C(=O)N(C)C2(CCN(Cc3ccccc3)CC2)C1=O. The van der Waals surface area contributed by atoms with Gasteiger partial charge in [-0.1, -0.05) is 30.3 Å². The van der Waals surface area contributed by atoms with Crippen LogP contribution >= 0.6 is 0 Å². The number of carbonyl (C=O) groups excluding carboxylic acids is 2. The van der Waals surface area contributed by atoms with E-state index in [4.69, 9.17) is 0 Å². The summed E-state index contributed by atoms with van der Waals surface area (Å²) >= 11 is 0. The number of hydrogen-bond donors (Lipinski definition) is 0. The van der Waals surface area contributed by atoms with Crippen molar-refractivity contribution < 1.29 is 9.59 Å². The highest BCUT2D eigenvalue weighted by Crippen LogP contribution is 2.37. The number of rotatable bonds is 3. The Bertz CT molecular complexity index is 592. The largest absolute Gasteiger partial charge is 0.327 e. The molecule has 2 aliphatic heterocycles. The van der Waals surface area contributed by atoms with Gasteiger partial charge in [0.25, 0.3) is 5.91 Å². The van der Waals surface area contributed by atoms with Crippen molar-refractivity contribution >= 4 is 11.9 Å². The van der Waals surface area contributed by atoms with Crippen LogP contribution in [0.4, 0.5) is 4.79 Å². The van der Waals surface area contributed by atoms with E-state index in [1.165, 1.54) is 10.5 Å². The van der Waals surface area contributed by atoms with E-state index in [0.717, 1.165) is 19.6 Å². The summed E-state index contributed by atoms with van der Waals surface area (Å²) in [5.74, 6) is -0.0145. The number of nitrogens with zero attached hydrogens (tertiary/aromatic N) is 3. The Hall–Kier alpha value is -1.88. The smallest absolute Gasteiger partial charge is 0.312 e. The first kappa shape index (κ1) is 16.0. The zero-order valence-electron chi connectivity index (χ0n) is 14.2. The van der Waals surface area contributed by atoms with Crippen LogP contribution in [0, 0.1) is 0 Å². The van der Waals surface area contributed by atoms with Crippen molar-refractivity contribution in [1.82, 2.24) is 14.7 Å². The van der Waals surface area contributed by atoms with Crippen LogP contribution in [0.3, 0.4) is 0 Å². The van der Waals surface area contributed by atoms with E-state index < -0.39 is 5.54 Å². The Balaban J connectivity index is 1.70. The predicted molar refractivity (Wildman–Crippen MR) is 88.8 cm³/mol. The van der Waals surface area contributed by atoms with Crippen molar-refractivity contribution in [2.24, 2.45) is 0 Å². The lowest BCUT2D eigenvalue weighted by atomic mass is 9.86. The molecule has 1 spiro atoms. The Morgan fingerprint density at radius 2 is 1.70 bits per heavy atom. The van der Waals surface area contributed by atoms with E-state index in [-0.39, 0.29) is 18.0 Å². The van der Waals surface area contributed by atoms with Crippen LogP contribution < -0.4 is 0 Å². The van der Waals surface area contributed by atoms with E-state index in [2.05, 4.69) is 17.0 Å². The Labute approximate surface area is 137 Å². The molecule has 0 atom stereocenters. The zero-order chi connectivity index (χ0) is 16.6. The quantitative estimate of drug-likeness (QED) is 0.804. The molecule has 3 amide bonds. The van der Waals surface area contributed by atoms with Crippen molar-refractivity contribution in [2.75, 3.05) is 20.1 Å². The normalized spacial score (nSPS) is 21.7. The molecule has 1 aromatic rings. The summed E-state index contributed by atoms with van der Waals surface area (Å²) in [6.07, 6.45) is 1.42. The summed E-state index contributed by atoms with van der Waals surface area (Å²) in [6.45, 7) is 6.37. The number of carbonyl (C=O) groups is 2. The number of amides is 3. The lowest BCUT2D eigenvalue weighted by Crippen LogP contribution is -2.55. The summed E-state index contributed by atoms with van der Waals surface area (Å²) in [6, 6.07) is 10.1. The molecule has 0 aliphatic carbocycles. The molecular formula is C18H25N3O2. The van der Waals surface area contributed by atoms with Crippen LogP contribution in [0.15, 0.2) is 30.3 Å². The fraction of sp³-hybridized carbons (Fsp3) is 0.556. The third kappa shape index (κ3) is 2.63. The highest BCUT2D eigenvalue weighted by molar-refractivity contribution is 6.07. The third-order valence-electron chi connectivity index (χ3n) is 5.20. The van der Waals surface area contributed by atoms with Crippen LogP contribution in [0.5, 0.6) is 0 Å². The molecule has 5 nitrogen and oxygen atoms in total. The Morgan fingerprint density at radius 3 is 2.22 bits per heavy atom. The lowest BCUT2D eigenvalue weighted by Gasteiger charge is -2.40.